The van der Waals surface area contributed by atoms with Crippen molar-refractivity contribution in [3.05, 3.63) is 17.8 Å². The number of nitrogens with zero attached hydrogens (tertiary/aromatic N) is 4. The Kier molecular flexibility index (Phi) is 5.62. The van der Waals surface area contributed by atoms with Crippen molar-refractivity contribution in [3.63, 3.8) is 0 Å². The lowest BCUT2D eigenvalue weighted by Gasteiger charge is -2.02. The molecule has 0 aromatic carbocycles. The second-order valence-electron chi connectivity index (χ2n) is 3.69. The molecule has 0 saturated carbocycles. The van der Waals surface area contributed by atoms with Gasteiger partial charge in [0.15, 0.2) is 10.2 Å². The van der Waals surface area contributed by atoms with E-state index in [9.17, 15) is 4.39 Å². The SMILES string of the molecule is CCc1ncnc(Sc2nnc(NCCOC)s2)c1F. The molecule has 0 unspecified atom stereocenters. The van der Waals surface area contributed by atoms with Crippen molar-refractivity contribution < 1.29 is 9.13 Å². The number of ether oxygens (including phenoxy) is 1. The van der Waals surface area contributed by atoms with Crippen molar-refractivity contribution in [1.29, 1.82) is 0 Å². The van der Waals surface area contributed by atoms with E-state index < -0.39 is 0 Å². The van der Waals surface area contributed by atoms with E-state index in [1.807, 2.05) is 6.92 Å². The third-order valence-corrected chi connectivity index (χ3v) is 4.25. The van der Waals surface area contributed by atoms with Gasteiger partial charge in [0.05, 0.1) is 12.3 Å². The van der Waals surface area contributed by atoms with Crippen molar-refractivity contribution in [3.8, 4) is 0 Å². The highest BCUT2D eigenvalue weighted by atomic mass is 32.2. The molecule has 20 heavy (non-hydrogen) atoms. The molecule has 2 aromatic heterocycles. The third-order valence-electron chi connectivity index (χ3n) is 2.34. The number of hydrogen-bond acceptors (Lipinski definition) is 8. The number of hydrogen-bond donors (Lipinski definition) is 1. The summed E-state index contributed by atoms with van der Waals surface area (Å²) in [7, 11) is 1.63. The quantitative estimate of drug-likeness (QED) is 0.620. The predicted molar refractivity (Wildman–Crippen MR) is 75.8 cm³/mol. The molecule has 0 aliphatic rings. The van der Waals surface area contributed by atoms with Crippen molar-refractivity contribution >= 4 is 28.2 Å². The molecule has 0 fully saturated rings. The van der Waals surface area contributed by atoms with Crippen molar-refractivity contribution in [2.45, 2.75) is 22.7 Å². The van der Waals surface area contributed by atoms with Gasteiger partial charge in [-0.3, -0.25) is 0 Å². The van der Waals surface area contributed by atoms with E-state index in [-0.39, 0.29) is 10.8 Å². The van der Waals surface area contributed by atoms with Gasteiger partial charge in [-0.2, -0.15) is 0 Å². The molecular formula is C11H14FN5OS2. The van der Waals surface area contributed by atoms with Gasteiger partial charge in [-0.25, -0.2) is 14.4 Å². The molecule has 0 bridgehead atoms. The minimum absolute atomic E-state index is 0.274. The molecule has 0 amide bonds. The molecule has 2 heterocycles. The number of anilines is 1. The van der Waals surface area contributed by atoms with E-state index >= 15 is 0 Å². The van der Waals surface area contributed by atoms with Crippen LogP contribution in [0.2, 0.25) is 0 Å². The highest BCUT2D eigenvalue weighted by molar-refractivity contribution is 8.01. The second-order valence-corrected chi connectivity index (χ2v) is 5.90. The first-order chi connectivity index (χ1) is 9.74. The fourth-order valence-electron chi connectivity index (χ4n) is 1.37. The van der Waals surface area contributed by atoms with E-state index in [1.165, 1.54) is 17.7 Å². The summed E-state index contributed by atoms with van der Waals surface area (Å²) in [5.41, 5.74) is 0.408. The Hall–Kier alpha value is -1.32. The lowest BCUT2D eigenvalue weighted by molar-refractivity contribution is 0.211. The predicted octanol–water partition coefficient (Wildman–Crippen LogP) is 2.24. The van der Waals surface area contributed by atoms with Crippen molar-refractivity contribution in [1.82, 2.24) is 20.2 Å². The molecule has 0 aliphatic carbocycles. The Morgan fingerprint density at radius 3 is 3.00 bits per heavy atom. The number of nitrogens with one attached hydrogen (secondary N) is 1. The Morgan fingerprint density at radius 2 is 2.25 bits per heavy atom. The van der Waals surface area contributed by atoms with Crippen LogP contribution in [0.4, 0.5) is 9.52 Å². The van der Waals surface area contributed by atoms with E-state index in [4.69, 9.17) is 4.74 Å². The lowest BCUT2D eigenvalue weighted by atomic mass is 10.3. The van der Waals surface area contributed by atoms with Gasteiger partial charge < -0.3 is 10.1 Å². The maximum atomic E-state index is 14.0. The van der Waals surface area contributed by atoms with E-state index in [2.05, 4.69) is 25.5 Å². The van der Waals surface area contributed by atoms with Gasteiger partial charge in [-0.15, -0.1) is 10.2 Å². The fraction of sp³-hybridized carbons (Fsp3) is 0.455. The number of methoxy groups -OCH3 is 1. The van der Waals surface area contributed by atoms with Gasteiger partial charge in [0.2, 0.25) is 5.13 Å². The normalized spacial score (nSPS) is 10.8. The second kappa shape index (κ2) is 7.46. The van der Waals surface area contributed by atoms with Crippen LogP contribution in [-0.2, 0) is 11.2 Å². The molecule has 0 radical (unpaired) electrons. The minimum Gasteiger partial charge on any atom is -0.383 e. The smallest absolute Gasteiger partial charge is 0.206 e. The van der Waals surface area contributed by atoms with Gasteiger partial charge >= 0.3 is 0 Å². The molecular weight excluding hydrogens is 301 g/mol. The van der Waals surface area contributed by atoms with E-state index in [0.29, 0.717) is 34.7 Å². The maximum absolute atomic E-state index is 14.0. The molecule has 0 spiro atoms. The van der Waals surface area contributed by atoms with Gasteiger partial charge in [-0.05, 0) is 18.2 Å². The Morgan fingerprint density at radius 1 is 1.40 bits per heavy atom. The van der Waals surface area contributed by atoms with Crippen LogP contribution in [-0.4, -0.2) is 40.4 Å². The standard InChI is InChI=1S/C11H14FN5OS2/c1-3-7-8(12)9(15-6-14-7)19-11-17-16-10(20-11)13-4-5-18-2/h6H,3-5H2,1-2H3,(H,13,16). The van der Waals surface area contributed by atoms with Crippen LogP contribution in [0, 0.1) is 5.82 Å². The zero-order valence-corrected chi connectivity index (χ0v) is 12.7. The summed E-state index contributed by atoms with van der Waals surface area (Å²) in [6, 6.07) is 0. The number of halogens is 1. The average molecular weight is 315 g/mol. The Balaban J connectivity index is 2.03. The van der Waals surface area contributed by atoms with Crippen LogP contribution in [0.15, 0.2) is 15.7 Å². The van der Waals surface area contributed by atoms with E-state index in [1.54, 1.807) is 7.11 Å². The summed E-state index contributed by atoms with van der Waals surface area (Å²) >= 11 is 2.50. The number of aromatic nitrogens is 4. The monoisotopic (exact) mass is 315 g/mol. The zero-order valence-electron chi connectivity index (χ0n) is 11.1. The van der Waals surface area contributed by atoms with Gasteiger partial charge in [0.1, 0.15) is 11.4 Å². The molecule has 6 nitrogen and oxygen atoms in total. The van der Waals surface area contributed by atoms with Gasteiger partial charge in [0, 0.05) is 13.7 Å². The van der Waals surface area contributed by atoms with Crippen LogP contribution >= 0.6 is 23.1 Å². The van der Waals surface area contributed by atoms with Crippen molar-refractivity contribution in [2.75, 3.05) is 25.6 Å². The van der Waals surface area contributed by atoms with Crippen LogP contribution in [0.5, 0.6) is 0 Å². The summed E-state index contributed by atoms with van der Waals surface area (Å²) < 4.78 is 19.6. The third kappa shape index (κ3) is 3.84. The van der Waals surface area contributed by atoms with Crippen molar-refractivity contribution in [2.24, 2.45) is 0 Å². The first-order valence-electron chi connectivity index (χ1n) is 5.98. The Labute approximate surface area is 124 Å². The molecule has 1 N–H and O–H groups in total. The Bertz CT molecular complexity index is 565. The average Bonchev–Trinajstić information content (AvgIpc) is 2.89. The first-order valence-corrected chi connectivity index (χ1v) is 7.61. The van der Waals surface area contributed by atoms with Gasteiger partial charge in [-0.1, -0.05) is 18.3 Å². The van der Waals surface area contributed by atoms with Gasteiger partial charge in [0.25, 0.3) is 0 Å². The summed E-state index contributed by atoms with van der Waals surface area (Å²) in [6.45, 7) is 3.09. The lowest BCUT2D eigenvalue weighted by Crippen LogP contribution is -2.06. The topological polar surface area (TPSA) is 72.8 Å². The van der Waals surface area contributed by atoms with Crippen LogP contribution in [0.1, 0.15) is 12.6 Å². The molecule has 0 atom stereocenters. The molecule has 0 aliphatic heterocycles. The molecule has 2 aromatic rings. The largest absolute Gasteiger partial charge is 0.383 e. The van der Waals surface area contributed by atoms with Crippen LogP contribution in [0.3, 0.4) is 0 Å². The molecule has 0 saturated heterocycles. The maximum Gasteiger partial charge on any atom is 0.206 e. The minimum atomic E-state index is -0.385. The number of aryl methyl sites for hydroxylation is 1. The molecule has 2 rings (SSSR count). The summed E-state index contributed by atoms with van der Waals surface area (Å²) in [5, 5.41) is 12.0. The first kappa shape index (κ1) is 15.1. The molecule has 9 heteroatoms. The highest BCUT2D eigenvalue weighted by Crippen LogP contribution is 2.32. The summed E-state index contributed by atoms with van der Waals surface area (Å²) in [5.74, 6) is -0.385. The fourth-order valence-corrected chi connectivity index (χ4v) is 3.07. The van der Waals surface area contributed by atoms with Crippen LogP contribution in [0.25, 0.3) is 0 Å². The molecule has 108 valence electrons. The zero-order chi connectivity index (χ0) is 14.4. The number of rotatable bonds is 7. The van der Waals surface area contributed by atoms with E-state index in [0.717, 1.165) is 11.8 Å². The summed E-state index contributed by atoms with van der Waals surface area (Å²) in [4.78, 5) is 7.84. The van der Waals surface area contributed by atoms with Crippen LogP contribution < -0.4 is 5.32 Å². The highest BCUT2D eigenvalue weighted by Gasteiger charge is 2.13. The summed E-state index contributed by atoms with van der Waals surface area (Å²) in [6.07, 6.45) is 1.89.